The standard InChI is InChI=1S/C14H27F3N2/c1-4-7-12(18-6-3)13(5-2)19(11-8-9-11)10-14(15,16)17/h11-13,18H,4-10H2,1-3H3. The molecule has 1 rings (SSSR count). The fourth-order valence-corrected chi connectivity index (χ4v) is 2.88. The van der Waals surface area contributed by atoms with Gasteiger partial charge in [0.05, 0.1) is 6.54 Å². The Kier molecular flexibility index (Phi) is 6.60. The van der Waals surface area contributed by atoms with Crippen molar-refractivity contribution in [2.45, 2.75) is 77.2 Å². The molecule has 0 spiro atoms. The van der Waals surface area contributed by atoms with E-state index in [0.29, 0.717) is 0 Å². The molecule has 0 amide bonds. The Balaban J connectivity index is 2.75. The van der Waals surface area contributed by atoms with Gasteiger partial charge in [0, 0.05) is 18.1 Å². The van der Waals surface area contributed by atoms with E-state index in [2.05, 4.69) is 12.2 Å². The third kappa shape index (κ3) is 5.69. The third-order valence-electron chi connectivity index (χ3n) is 3.75. The molecule has 19 heavy (non-hydrogen) atoms. The van der Waals surface area contributed by atoms with Crippen molar-refractivity contribution in [3.05, 3.63) is 0 Å². The molecule has 114 valence electrons. The van der Waals surface area contributed by atoms with Gasteiger partial charge in [-0.15, -0.1) is 0 Å². The summed E-state index contributed by atoms with van der Waals surface area (Å²) >= 11 is 0. The van der Waals surface area contributed by atoms with Crippen LogP contribution in [0, 0.1) is 0 Å². The Morgan fingerprint density at radius 2 is 1.84 bits per heavy atom. The number of likely N-dealkylation sites (N-methyl/N-ethyl adjacent to an activating group) is 1. The zero-order valence-electron chi connectivity index (χ0n) is 12.3. The molecule has 1 N–H and O–H groups in total. The van der Waals surface area contributed by atoms with Crippen LogP contribution in [0.25, 0.3) is 0 Å². The van der Waals surface area contributed by atoms with Crippen molar-refractivity contribution in [1.29, 1.82) is 0 Å². The maximum absolute atomic E-state index is 12.8. The molecule has 1 saturated carbocycles. The van der Waals surface area contributed by atoms with Crippen LogP contribution in [0.5, 0.6) is 0 Å². The molecule has 2 unspecified atom stereocenters. The SMILES string of the molecule is CCCC(NCC)C(CC)N(CC(F)(F)F)C1CC1. The second-order valence-electron chi connectivity index (χ2n) is 5.45. The summed E-state index contributed by atoms with van der Waals surface area (Å²) in [5.41, 5.74) is 0. The van der Waals surface area contributed by atoms with Crippen LogP contribution in [0.15, 0.2) is 0 Å². The Morgan fingerprint density at radius 1 is 1.21 bits per heavy atom. The lowest BCUT2D eigenvalue weighted by Crippen LogP contribution is -2.53. The Hall–Kier alpha value is -0.290. The van der Waals surface area contributed by atoms with Crippen LogP contribution < -0.4 is 5.32 Å². The highest BCUT2D eigenvalue weighted by molar-refractivity contribution is 4.94. The molecule has 1 aliphatic carbocycles. The summed E-state index contributed by atoms with van der Waals surface area (Å²) in [7, 11) is 0. The van der Waals surface area contributed by atoms with Gasteiger partial charge in [-0.2, -0.15) is 13.2 Å². The first-order valence-corrected chi connectivity index (χ1v) is 7.48. The van der Waals surface area contributed by atoms with Crippen LogP contribution >= 0.6 is 0 Å². The summed E-state index contributed by atoms with van der Waals surface area (Å²) in [6.07, 6.45) is 0.435. The Morgan fingerprint density at radius 3 is 2.21 bits per heavy atom. The summed E-state index contributed by atoms with van der Waals surface area (Å²) < 4.78 is 38.3. The lowest BCUT2D eigenvalue weighted by molar-refractivity contribution is -0.154. The predicted molar refractivity (Wildman–Crippen MR) is 72.2 cm³/mol. The van der Waals surface area contributed by atoms with E-state index < -0.39 is 12.7 Å². The first-order valence-electron chi connectivity index (χ1n) is 7.48. The topological polar surface area (TPSA) is 15.3 Å². The second kappa shape index (κ2) is 7.48. The van der Waals surface area contributed by atoms with Gasteiger partial charge in [-0.3, -0.25) is 4.90 Å². The predicted octanol–water partition coefficient (Wildman–Crippen LogP) is 3.57. The second-order valence-corrected chi connectivity index (χ2v) is 5.45. The quantitative estimate of drug-likeness (QED) is 0.694. The molecule has 2 nitrogen and oxygen atoms in total. The summed E-state index contributed by atoms with van der Waals surface area (Å²) in [6.45, 7) is 6.15. The maximum Gasteiger partial charge on any atom is 0.401 e. The van der Waals surface area contributed by atoms with Crippen molar-refractivity contribution in [2.75, 3.05) is 13.1 Å². The van der Waals surface area contributed by atoms with E-state index in [1.54, 1.807) is 4.90 Å². The number of hydrogen-bond acceptors (Lipinski definition) is 2. The largest absolute Gasteiger partial charge is 0.401 e. The molecule has 1 aliphatic rings. The molecule has 0 heterocycles. The minimum Gasteiger partial charge on any atom is -0.313 e. The van der Waals surface area contributed by atoms with Crippen molar-refractivity contribution in [3.63, 3.8) is 0 Å². The van der Waals surface area contributed by atoms with Crippen molar-refractivity contribution >= 4 is 0 Å². The molecule has 5 heteroatoms. The van der Waals surface area contributed by atoms with Crippen molar-refractivity contribution in [2.24, 2.45) is 0 Å². The fraction of sp³-hybridized carbons (Fsp3) is 1.00. The molecule has 0 aromatic carbocycles. The van der Waals surface area contributed by atoms with Gasteiger partial charge in [0.2, 0.25) is 0 Å². The molecule has 0 aromatic heterocycles. The monoisotopic (exact) mass is 280 g/mol. The van der Waals surface area contributed by atoms with E-state index >= 15 is 0 Å². The molecular weight excluding hydrogens is 253 g/mol. The number of nitrogens with one attached hydrogen (secondary N) is 1. The van der Waals surface area contributed by atoms with Crippen LogP contribution in [-0.4, -0.2) is 42.3 Å². The third-order valence-corrected chi connectivity index (χ3v) is 3.75. The summed E-state index contributed by atoms with van der Waals surface area (Å²) in [6, 6.07) is 0.307. The first kappa shape index (κ1) is 16.8. The van der Waals surface area contributed by atoms with Crippen LogP contribution in [-0.2, 0) is 0 Å². The number of nitrogens with zero attached hydrogens (tertiary/aromatic N) is 1. The zero-order chi connectivity index (χ0) is 14.5. The zero-order valence-corrected chi connectivity index (χ0v) is 12.3. The van der Waals surface area contributed by atoms with Gasteiger partial charge in [-0.05, 0) is 32.2 Å². The average molecular weight is 280 g/mol. The molecule has 0 aliphatic heterocycles. The summed E-state index contributed by atoms with van der Waals surface area (Å²) in [5, 5.41) is 3.37. The van der Waals surface area contributed by atoms with Crippen LogP contribution in [0.2, 0.25) is 0 Å². The van der Waals surface area contributed by atoms with Crippen LogP contribution in [0.4, 0.5) is 13.2 Å². The van der Waals surface area contributed by atoms with Gasteiger partial charge in [0.1, 0.15) is 0 Å². The molecule has 0 bridgehead atoms. The maximum atomic E-state index is 12.8. The fourth-order valence-electron chi connectivity index (χ4n) is 2.88. The summed E-state index contributed by atoms with van der Waals surface area (Å²) in [5.74, 6) is 0. The molecular formula is C14H27F3N2. The number of hydrogen-bond donors (Lipinski definition) is 1. The number of alkyl halides is 3. The van der Waals surface area contributed by atoms with E-state index in [1.807, 2.05) is 13.8 Å². The highest BCUT2D eigenvalue weighted by atomic mass is 19.4. The van der Waals surface area contributed by atoms with Gasteiger partial charge >= 0.3 is 6.18 Å². The normalized spacial score (nSPS) is 19.7. The van der Waals surface area contributed by atoms with E-state index in [9.17, 15) is 13.2 Å². The van der Waals surface area contributed by atoms with Gasteiger partial charge in [-0.1, -0.05) is 27.2 Å². The summed E-state index contributed by atoms with van der Waals surface area (Å²) in [4.78, 5) is 1.70. The van der Waals surface area contributed by atoms with E-state index in [-0.39, 0.29) is 18.1 Å². The molecule has 0 saturated heterocycles. The van der Waals surface area contributed by atoms with Gasteiger partial charge in [0.15, 0.2) is 0 Å². The minimum atomic E-state index is -4.10. The molecule has 1 fully saturated rings. The van der Waals surface area contributed by atoms with E-state index in [1.165, 1.54) is 0 Å². The van der Waals surface area contributed by atoms with Crippen LogP contribution in [0.3, 0.4) is 0 Å². The lowest BCUT2D eigenvalue weighted by atomic mass is 9.98. The smallest absolute Gasteiger partial charge is 0.313 e. The molecule has 2 atom stereocenters. The Bertz CT molecular complexity index is 246. The van der Waals surface area contributed by atoms with Gasteiger partial charge < -0.3 is 5.32 Å². The van der Waals surface area contributed by atoms with Crippen LogP contribution in [0.1, 0.15) is 52.9 Å². The van der Waals surface area contributed by atoms with Crippen molar-refractivity contribution < 1.29 is 13.2 Å². The molecule has 0 aromatic rings. The minimum absolute atomic E-state index is 0.00553. The number of rotatable bonds is 9. The van der Waals surface area contributed by atoms with Gasteiger partial charge in [-0.25, -0.2) is 0 Å². The van der Waals surface area contributed by atoms with E-state index in [0.717, 1.165) is 38.6 Å². The highest BCUT2D eigenvalue weighted by Crippen LogP contribution is 2.34. The lowest BCUT2D eigenvalue weighted by Gasteiger charge is -2.37. The van der Waals surface area contributed by atoms with Crippen molar-refractivity contribution in [3.8, 4) is 0 Å². The van der Waals surface area contributed by atoms with Crippen molar-refractivity contribution in [1.82, 2.24) is 10.2 Å². The molecule has 0 radical (unpaired) electrons. The average Bonchev–Trinajstić information content (AvgIpc) is 3.11. The Labute approximate surface area is 114 Å². The first-order chi connectivity index (χ1) is 8.92. The van der Waals surface area contributed by atoms with E-state index in [4.69, 9.17) is 0 Å². The van der Waals surface area contributed by atoms with Gasteiger partial charge in [0.25, 0.3) is 0 Å². The highest BCUT2D eigenvalue weighted by Gasteiger charge is 2.42. The number of halogens is 3.